The van der Waals surface area contributed by atoms with Gasteiger partial charge in [-0.2, -0.15) is 13.2 Å². The summed E-state index contributed by atoms with van der Waals surface area (Å²) in [5.41, 5.74) is -4.78. The van der Waals surface area contributed by atoms with Crippen molar-refractivity contribution in [3.05, 3.63) is 112 Å². The van der Waals surface area contributed by atoms with E-state index in [1.54, 1.807) is 31.2 Å². The van der Waals surface area contributed by atoms with Crippen LogP contribution in [0.1, 0.15) is 53.4 Å². The van der Waals surface area contributed by atoms with E-state index in [0.717, 1.165) is 30.5 Å². The van der Waals surface area contributed by atoms with Crippen molar-refractivity contribution in [3.8, 4) is 22.8 Å². The standard InChI is InChI=1S/C37H34ClF4N3O6/c1-35(14-15-45(35)34(47)50-20-22-6-4-3-5-7-22)25-18-29(23-8-12-28(39)27(38)16-23)44-32(19-25)36(48,37(40,41)42)21-43-33(46)24-9-13-30(31(17-24)49-2)51-26-10-11-26/h3-9,12-13,16-19,26,48H,10-11,14-15,20-21H2,1-2H3,(H,43,46)/t35-,36?/m0/s1. The molecule has 0 spiro atoms. The molecule has 1 saturated heterocycles. The quantitative estimate of drug-likeness (QED) is 0.154. The number of hydrogen-bond acceptors (Lipinski definition) is 7. The number of rotatable bonds is 11. The molecule has 1 unspecified atom stereocenters. The highest BCUT2D eigenvalue weighted by Gasteiger charge is 2.57. The molecule has 14 heteroatoms. The molecule has 1 aliphatic carbocycles. The van der Waals surface area contributed by atoms with Crippen LogP contribution in [-0.2, 0) is 22.5 Å². The number of amides is 2. The summed E-state index contributed by atoms with van der Waals surface area (Å²) in [5, 5.41) is 13.4. The predicted molar refractivity (Wildman–Crippen MR) is 179 cm³/mol. The van der Waals surface area contributed by atoms with Crippen molar-refractivity contribution in [3.63, 3.8) is 0 Å². The van der Waals surface area contributed by atoms with E-state index in [1.165, 1.54) is 48.4 Å². The Morgan fingerprint density at radius 1 is 1.04 bits per heavy atom. The average molecular weight is 728 g/mol. The van der Waals surface area contributed by atoms with Crippen LogP contribution in [0.2, 0.25) is 5.02 Å². The van der Waals surface area contributed by atoms with Gasteiger partial charge in [0.2, 0.25) is 5.60 Å². The highest BCUT2D eigenvalue weighted by molar-refractivity contribution is 6.31. The number of benzene rings is 3. The number of carbonyl (C=O) groups is 2. The zero-order chi connectivity index (χ0) is 36.6. The van der Waals surface area contributed by atoms with Gasteiger partial charge >= 0.3 is 12.3 Å². The second-order valence-corrected chi connectivity index (χ2v) is 13.1. The van der Waals surface area contributed by atoms with Gasteiger partial charge in [0, 0.05) is 17.7 Å². The molecule has 2 heterocycles. The van der Waals surface area contributed by atoms with E-state index in [1.807, 2.05) is 6.07 Å². The Bertz CT molecular complexity index is 1940. The van der Waals surface area contributed by atoms with Gasteiger partial charge in [-0.25, -0.2) is 14.2 Å². The molecule has 4 aromatic rings. The number of aromatic nitrogens is 1. The Morgan fingerprint density at radius 3 is 2.41 bits per heavy atom. The minimum Gasteiger partial charge on any atom is -0.493 e. The van der Waals surface area contributed by atoms with Gasteiger partial charge in [0.05, 0.1) is 41.7 Å². The molecule has 51 heavy (non-hydrogen) atoms. The molecule has 2 amide bonds. The lowest BCUT2D eigenvalue weighted by molar-refractivity contribution is -0.265. The van der Waals surface area contributed by atoms with Crippen molar-refractivity contribution < 1.29 is 46.5 Å². The number of aliphatic hydroxyl groups is 1. The van der Waals surface area contributed by atoms with Crippen LogP contribution in [0, 0.1) is 5.82 Å². The third kappa shape index (κ3) is 7.45. The summed E-state index contributed by atoms with van der Waals surface area (Å²) in [6, 6.07) is 19.2. The Kier molecular flexibility index (Phi) is 9.88. The fourth-order valence-electron chi connectivity index (χ4n) is 5.72. The first-order chi connectivity index (χ1) is 24.2. The van der Waals surface area contributed by atoms with Gasteiger partial charge < -0.3 is 24.6 Å². The van der Waals surface area contributed by atoms with E-state index in [0.29, 0.717) is 12.2 Å². The van der Waals surface area contributed by atoms with E-state index in [4.69, 9.17) is 25.8 Å². The number of nitrogens with zero attached hydrogens (tertiary/aromatic N) is 2. The van der Waals surface area contributed by atoms with Crippen molar-refractivity contribution in [2.45, 2.75) is 56.2 Å². The van der Waals surface area contributed by atoms with Crippen LogP contribution >= 0.6 is 11.6 Å². The monoisotopic (exact) mass is 727 g/mol. The molecular weight excluding hydrogens is 694 g/mol. The van der Waals surface area contributed by atoms with Crippen LogP contribution in [-0.4, -0.2) is 59.5 Å². The summed E-state index contributed by atoms with van der Waals surface area (Å²) >= 11 is 6.02. The molecule has 0 radical (unpaired) electrons. The lowest BCUT2D eigenvalue weighted by Gasteiger charge is -2.50. The number of likely N-dealkylation sites (tertiary alicyclic amines) is 1. The van der Waals surface area contributed by atoms with Gasteiger partial charge in [-0.3, -0.25) is 9.69 Å². The maximum absolute atomic E-state index is 15.0. The van der Waals surface area contributed by atoms with Gasteiger partial charge in [0.25, 0.3) is 5.91 Å². The summed E-state index contributed by atoms with van der Waals surface area (Å²) in [5.74, 6) is -1.07. The molecule has 6 rings (SSSR count). The maximum Gasteiger partial charge on any atom is 0.424 e. The third-order valence-electron chi connectivity index (χ3n) is 9.15. The van der Waals surface area contributed by atoms with Crippen molar-refractivity contribution >= 4 is 23.6 Å². The molecule has 268 valence electrons. The van der Waals surface area contributed by atoms with Crippen molar-refractivity contribution in [1.82, 2.24) is 15.2 Å². The number of carbonyl (C=O) groups excluding carboxylic acids is 2. The Hall–Kier alpha value is -4.88. The minimum atomic E-state index is -5.35. The molecule has 1 saturated carbocycles. The fraction of sp³-hybridized carbons (Fsp3) is 0.324. The van der Waals surface area contributed by atoms with Gasteiger partial charge in [0.1, 0.15) is 12.4 Å². The number of pyridine rings is 1. The molecule has 0 bridgehead atoms. The maximum atomic E-state index is 15.0. The molecule has 2 atom stereocenters. The number of alkyl halides is 3. The van der Waals surface area contributed by atoms with Gasteiger partial charge in [0.15, 0.2) is 11.5 Å². The summed E-state index contributed by atoms with van der Waals surface area (Å²) in [6.45, 7) is 0.548. The number of nitrogens with one attached hydrogen (secondary N) is 1. The highest BCUT2D eigenvalue weighted by Crippen LogP contribution is 2.45. The van der Waals surface area contributed by atoms with Crippen molar-refractivity contribution in [2.75, 3.05) is 20.2 Å². The second-order valence-electron chi connectivity index (χ2n) is 12.7. The number of ether oxygens (including phenoxy) is 3. The van der Waals surface area contributed by atoms with Crippen LogP contribution in [0.25, 0.3) is 11.3 Å². The first-order valence-corrected chi connectivity index (χ1v) is 16.5. The smallest absolute Gasteiger partial charge is 0.424 e. The molecule has 2 fully saturated rings. The minimum absolute atomic E-state index is 0.0250. The number of halogens is 5. The normalized spacial score (nSPS) is 18.3. The molecule has 3 aromatic carbocycles. The van der Waals surface area contributed by atoms with E-state index in [2.05, 4.69) is 10.3 Å². The highest BCUT2D eigenvalue weighted by atomic mass is 35.5. The fourth-order valence-corrected chi connectivity index (χ4v) is 5.90. The summed E-state index contributed by atoms with van der Waals surface area (Å²) in [6.07, 6.45) is -3.92. The van der Waals surface area contributed by atoms with E-state index in [-0.39, 0.29) is 52.4 Å². The molecule has 1 aliphatic heterocycles. The van der Waals surface area contributed by atoms with Crippen molar-refractivity contribution in [2.24, 2.45) is 0 Å². The SMILES string of the molecule is COc1cc(C(=O)NCC(O)(c2cc([C@]3(C)CCN3C(=O)OCc3ccccc3)cc(-c3ccc(F)c(Cl)c3)n2)C(F)(F)F)ccc1OC1CC1. The van der Waals surface area contributed by atoms with Crippen LogP contribution < -0.4 is 14.8 Å². The Balaban J connectivity index is 1.33. The molecule has 2 N–H and O–H groups in total. The van der Waals surface area contributed by atoms with E-state index < -0.39 is 47.4 Å². The Morgan fingerprint density at radius 2 is 1.78 bits per heavy atom. The molecule has 2 aliphatic rings. The van der Waals surface area contributed by atoms with E-state index >= 15 is 0 Å². The van der Waals surface area contributed by atoms with Gasteiger partial charge in [-0.05, 0) is 85.8 Å². The molecule has 9 nitrogen and oxygen atoms in total. The zero-order valence-corrected chi connectivity index (χ0v) is 28.4. The van der Waals surface area contributed by atoms with E-state index in [9.17, 15) is 32.3 Å². The predicted octanol–water partition coefficient (Wildman–Crippen LogP) is 7.53. The summed E-state index contributed by atoms with van der Waals surface area (Å²) < 4.78 is 75.5. The van der Waals surface area contributed by atoms with Crippen molar-refractivity contribution in [1.29, 1.82) is 0 Å². The third-order valence-corrected chi connectivity index (χ3v) is 9.44. The summed E-state index contributed by atoms with van der Waals surface area (Å²) in [7, 11) is 1.37. The molecular formula is C37H34ClF4N3O6. The largest absolute Gasteiger partial charge is 0.493 e. The van der Waals surface area contributed by atoms with Crippen LogP contribution in [0.3, 0.4) is 0 Å². The topological polar surface area (TPSA) is 110 Å². The number of methoxy groups -OCH3 is 1. The van der Waals surface area contributed by atoms with Gasteiger partial charge in [-0.15, -0.1) is 0 Å². The first kappa shape index (κ1) is 35.9. The zero-order valence-electron chi connectivity index (χ0n) is 27.6. The Labute approximate surface area is 296 Å². The average Bonchev–Trinajstić information content (AvgIpc) is 3.94. The molecule has 1 aromatic heterocycles. The van der Waals surface area contributed by atoms with Gasteiger partial charge in [-0.1, -0.05) is 41.9 Å². The van der Waals surface area contributed by atoms with Crippen LogP contribution in [0.4, 0.5) is 22.4 Å². The van der Waals surface area contributed by atoms with Crippen LogP contribution in [0.15, 0.2) is 78.9 Å². The first-order valence-electron chi connectivity index (χ1n) is 16.1. The lowest BCUT2D eigenvalue weighted by Crippen LogP contribution is -2.58. The number of hydrogen-bond donors (Lipinski definition) is 2. The van der Waals surface area contributed by atoms with Crippen LogP contribution in [0.5, 0.6) is 11.5 Å². The second kappa shape index (κ2) is 14.0. The summed E-state index contributed by atoms with van der Waals surface area (Å²) in [4.78, 5) is 32.0. The lowest BCUT2D eigenvalue weighted by atomic mass is 9.79.